The smallest absolute Gasteiger partial charge is 0.247 e. The molecule has 4 aromatic heterocycles. The van der Waals surface area contributed by atoms with Crippen LogP contribution in [0.1, 0.15) is 5.69 Å². The van der Waals surface area contributed by atoms with Gasteiger partial charge in [0.1, 0.15) is 17.9 Å². The van der Waals surface area contributed by atoms with Crippen molar-refractivity contribution >= 4 is 11.2 Å². The molecule has 0 N–H and O–H groups in total. The molecule has 0 fully saturated rings. The molecule has 0 unspecified atom stereocenters. The van der Waals surface area contributed by atoms with Crippen LogP contribution >= 0.6 is 0 Å². The zero-order valence-electron chi connectivity index (χ0n) is 13.6. The number of hydrogen-bond donors (Lipinski definition) is 0. The Kier molecular flexibility index (Phi) is 3.73. The van der Waals surface area contributed by atoms with E-state index in [4.69, 9.17) is 13.9 Å². The van der Waals surface area contributed by atoms with Gasteiger partial charge < -0.3 is 13.9 Å². The molecule has 0 spiro atoms. The molecule has 4 aromatic rings. The first-order valence-electron chi connectivity index (χ1n) is 7.44. The number of methoxy groups -OCH3 is 1. The van der Waals surface area contributed by atoms with Gasteiger partial charge in [0.25, 0.3) is 0 Å². The van der Waals surface area contributed by atoms with Crippen molar-refractivity contribution in [3.05, 3.63) is 42.7 Å². The lowest BCUT2D eigenvalue weighted by atomic mass is 10.4. The van der Waals surface area contributed by atoms with E-state index in [2.05, 4.69) is 25.0 Å². The first-order chi connectivity index (χ1) is 12.2. The van der Waals surface area contributed by atoms with E-state index in [9.17, 15) is 0 Å². The van der Waals surface area contributed by atoms with E-state index in [1.807, 2.05) is 13.2 Å². The molecule has 0 aromatic carbocycles. The van der Waals surface area contributed by atoms with Crippen molar-refractivity contribution in [1.29, 1.82) is 0 Å². The lowest BCUT2D eigenvalue weighted by Crippen LogP contribution is -2.00. The summed E-state index contributed by atoms with van der Waals surface area (Å²) in [5, 5.41) is 4.11. The van der Waals surface area contributed by atoms with Gasteiger partial charge in [-0.25, -0.2) is 15.0 Å². The second-order valence-corrected chi connectivity index (χ2v) is 5.26. The van der Waals surface area contributed by atoms with Crippen molar-refractivity contribution < 1.29 is 13.9 Å². The Morgan fingerprint density at radius 1 is 1.12 bits per heavy atom. The van der Waals surface area contributed by atoms with Crippen molar-refractivity contribution in [2.24, 2.45) is 7.05 Å². The van der Waals surface area contributed by atoms with Gasteiger partial charge in [-0.3, -0.25) is 9.67 Å². The summed E-state index contributed by atoms with van der Waals surface area (Å²) >= 11 is 0. The molecule has 0 aliphatic carbocycles. The molecular weight excluding hydrogens is 324 g/mol. The highest BCUT2D eigenvalue weighted by molar-refractivity contribution is 5.73. The van der Waals surface area contributed by atoms with E-state index in [0.29, 0.717) is 34.4 Å². The largest absolute Gasteiger partial charge is 0.486 e. The summed E-state index contributed by atoms with van der Waals surface area (Å²) in [6.45, 7) is 0.261. The van der Waals surface area contributed by atoms with Crippen molar-refractivity contribution in [3.63, 3.8) is 0 Å². The van der Waals surface area contributed by atoms with Crippen LogP contribution in [0.4, 0.5) is 0 Å². The van der Waals surface area contributed by atoms with E-state index in [1.54, 1.807) is 36.4 Å². The Labute approximate surface area is 142 Å². The summed E-state index contributed by atoms with van der Waals surface area (Å²) < 4.78 is 18.0. The van der Waals surface area contributed by atoms with Crippen LogP contribution in [0.2, 0.25) is 0 Å². The fourth-order valence-electron chi connectivity index (χ4n) is 2.22. The predicted octanol–water partition coefficient (Wildman–Crippen LogP) is 2.00. The number of ether oxygens (including phenoxy) is 2. The Morgan fingerprint density at radius 2 is 2.04 bits per heavy atom. The third kappa shape index (κ3) is 3.11. The second kappa shape index (κ2) is 6.19. The minimum absolute atomic E-state index is 0.261. The lowest BCUT2D eigenvalue weighted by Gasteiger charge is -2.05. The minimum atomic E-state index is 0.261. The first-order valence-corrected chi connectivity index (χ1v) is 7.44. The molecule has 126 valence electrons. The highest BCUT2D eigenvalue weighted by Gasteiger charge is 2.12. The van der Waals surface area contributed by atoms with E-state index >= 15 is 0 Å². The Morgan fingerprint density at radius 3 is 2.76 bits per heavy atom. The second-order valence-electron chi connectivity index (χ2n) is 5.26. The standard InChI is InChI=1S/C16H14N6O3/c1-22-8-10(4-20-22)15-21-13-3-12(6-19-16(13)25-15)24-9-11-5-18-14(23-2)7-17-11/h3-8H,9H2,1-2H3. The molecule has 0 bridgehead atoms. The summed E-state index contributed by atoms with van der Waals surface area (Å²) in [7, 11) is 3.37. The van der Waals surface area contributed by atoms with Gasteiger partial charge in [0.15, 0.2) is 0 Å². The number of aromatic nitrogens is 6. The van der Waals surface area contributed by atoms with E-state index in [1.165, 1.54) is 6.20 Å². The molecule has 4 rings (SSSR count). The average molecular weight is 338 g/mol. The van der Waals surface area contributed by atoms with Crippen molar-refractivity contribution in [2.75, 3.05) is 7.11 Å². The highest BCUT2D eigenvalue weighted by Crippen LogP contribution is 2.25. The maximum Gasteiger partial charge on any atom is 0.247 e. The number of oxazole rings is 1. The van der Waals surface area contributed by atoms with Gasteiger partial charge in [0.2, 0.25) is 17.5 Å². The van der Waals surface area contributed by atoms with Crippen LogP contribution in [-0.4, -0.2) is 36.8 Å². The van der Waals surface area contributed by atoms with Crippen LogP contribution < -0.4 is 9.47 Å². The molecular formula is C16H14N6O3. The third-order valence-electron chi connectivity index (χ3n) is 3.45. The molecule has 9 nitrogen and oxygen atoms in total. The molecule has 9 heteroatoms. The van der Waals surface area contributed by atoms with Crippen molar-refractivity contribution in [3.8, 4) is 23.1 Å². The summed E-state index contributed by atoms with van der Waals surface area (Å²) in [5.41, 5.74) is 2.51. The maximum atomic E-state index is 5.69. The number of nitrogens with zero attached hydrogens (tertiary/aromatic N) is 6. The van der Waals surface area contributed by atoms with Gasteiger partial charge in [-0.15, -0.1) is 0 Å². The van der Waals surface area contributed by atoms with Crippen LogP contribution in [0.15, 0.2) is 41.5 Å². The Bertz CT molecular complexity index is 1010. The highest BCUT2D eigenvalue weighted by atomic mass is 16.5. The quantitative estimate of drug-likeness (QED) is 0.544. The molecule has 0 saturated heterocycles. The van der Waals surface area contributed by atoms with Crippen molar-refractivity contribution in [1.82, 2.24) is 29.7 Å². The molecule has 0 amide bonds. The summed E-state index contributed by atoms with van der Waals surface area (Å²) in [6, 6.07) is 1.77. The SMILES string of the molecule is COc1cnc(COc2cnc3oc(-c4cnn(C)c4)nc3c2)cn1. The summed E-state index contributed by atoms with van der Waals surface area (Å²) in [6.07, 6.45) is 8.23. The van der Waals surface area contributed by atoms with Crippen LogP contribution in [0.5, 0.6) is 11.6 Å². The van der Waals surface area contributed by atoms with Crippen LogP contribution in [-0.2, 0) is 13.7 Å². The number of aryl methyl sites for hydroxylation is 1. The van der Waals surface area contributed by atoms with Gasteiger partial charge in [-0.2, -0.15) is 5.10 Å². The molecule has 0 aliphatic heterocycles. The fraction of sp³-hybridized carbons (Fsp3) is 0.188. The Hall–Kier alpha value is -3.49. The molecule has 0 radical (unpaired) electrons. The van der Waals surface area contributed by atoms with Crippen LogP contribution in [0.3, 0.4) is 0 Å². The maximum absolute atomic E-state index is 5.69. The zero-order valence-corrected chi connectivity index (χ0v) is 13.6. The van der Waals surface area contributed by atoms with Gasteiger partial charge in [0.05, 0.1) is 43.2 Å². The van der Waals surface area contributed by atoms with Gasteiger partial charge in [-0.05, 0) is 0 Å². The number of fused-ring (bicyclic) bond motifs is 1. The number of hydrogen-bond acceptors (Lipinski definition) is 8. The lowest BCUT2D eigenvalue weighted by molar-refractivity contribution is 0.299. The Balaban J connectivity index is 1.52. The van der Waals surface area contributed by atoms with E-state index in [0.717, 1.165) is 5.56 Å². The average Bonchev–Trinajstić information content (AvgIpc) is 3.25. The van der Waals surface area contributed by atoms with Gasteiger partial charge in [0, 0.05) is 19.3 Å². The minimum Gasteiger partial charge on any atom is -0.486 e. The molecule has 0 atom stereocenters. The van der Waals surface area contributed by atoms with Crippen LogP contribution in [0, 0.1) is 0 Å². The molecule has 0 aliphatic rings. The van der Waals surface area contributed by atoms with Crippen LogP contribution in [0.25, 0.3) is 22.7 Å². The van der Waals surface area contributed by atoms with E-state index < -0.39 is 0 Å². The summed E-state index contributed by atoms with van der Waals surface area (Å²) in [5.74, 6) is 1.49. The third-order valence-corrected chi connectivity index (χ3v) is 3.45. The fourth-order valence-corrected chi connectivity index (χ4v) is 2.22. The predicted molar refractivity (Wildman–Crippen MR) is 86.9 cm³/mol. The topological polar surface area (TPSA) is 101 Å². The van der Waals surface area contributed by atoms with Gasteiger partial charge >= 0.3 is 0 Å². The van der Waals surface area contributed by atoms with Crippen molar-refractivity contribution in [2.45, 2.75) is 6.61 Å². The number of pyridine rings is 1. The number of rotatable bonds is 5. The van der Waals surface area contributed by atoms with Gasteiger partial charge in [-0.1, -0.05) is 0 Å². The first kappa shape index (κ1) is 15.1. The molecule has 0 saturated carbocycles. The zero-order chi connectivity index (χ0) is 17.2. The molecule has 25 heavy (non-hydrogen) atoms. The van der Waals surface area contributed by atoms with E-state index in [-0.39, 0.29) is 6.61 Å². The summed E-state index contributed by atoms with van der Waals surface area (Å²) in [4.78, 5) is 16.9. The normalized spacial score (nSPS) is 11.0. The monoisotopic (exact) mass is 338 g/mol. The molecule has 4 heterocycles.